The van der Waals surface area contributed by atoms with Gasteiger partial charge in [-0.25, -0.2) is 0 Å². The van der Waals surface area contributed by atoms with E-state index in [1.807, 2.05) is 12.1 Å². The van der Waals surface area contributed by atoms with Crippen molar-refractivity contribution in [3.8, 4) is 0 Å². The molecule has 2 N–H and O–H groups in total. The maximum Gasteiger partial charge on any atom is 0.255 e. The Morgan fingerprint density at radius 3 is 2.46 bits per heavy atom. The third-order valence-corrected chi connectivity index (χ3v) is 12.8. The van der Waals surface area contributed by atoms with Gasteiger partial charge in [0.1, 0.15) is 6.04 Å². The minimum absolute atomic E-state index is 0.118. The Labute approximate surface area is 233 Å². The van der Waals surface area contributed by atoms with E-state index in [0.29, 0.717) is 30.0 Å². The van der Waals surface area contributed by atoms with Crippen LogP contribution in [0.15, 0.2) is 47.4 Å². The lowest BCUT2D eigenvalue weighted by Gasteiger charge is -2.92. The lowest BCUT2D eigenvalue weighted by molar-refractivity contribution is -0.438. The smallest absolute Gasteiger partial charge is 0.255 e. The molecule has 2 aliphatic heterocycles. The Morgan fingerprint density at radius 1 is 1.03 bits per heavy atom. The molecule has 1 spiro atoms. The summed E-state index contributed by atoms with van der Waals surface area (Å²) in [6, 6.07) is 14.8. The SMILES string of the molecule is CC(NCc1ccc(CSc2cccc3c2CN(C2CCC(=O)NC2=O)C3=O)cc1)C12CC3CC4CC(C1)C432. The zero-order valence-corrected chi connectivity index (χ0v) is 23.2. The summed E-state index contributed by atoms with van der Waals surface area (Å²) in [5.74, 6) is 3.24. The number of benzene rings is 2. The molecule has 4 atom stereocenters. The molecular weight excluding hydrogens is 506 g/mol. The first-order valence-electron chi connectivity index (χ1n) is 14.6. The van der Waals surface area contributed by atoms with Gasteiger partial charge in [0.05, 0.1) is 0 Å². The fraction of sp³-hybridized carbons (Fsp3) is 0.531. The molecule has 0 bridgehead atoms. The van der Waals surface area contributed by atoms with E-state index < -0.39 is 6.04 Å². The average molecular weight is 542 g/mol. The quantitative estimate of drug-likeness (QED) is 0.376. The predicted octanol–water partition coefficient (Wildman–Crippen LogP) is 4.65. The molecule has 2 aromatic rings. The summed E-state index contributed by atoms with van der Waals surface area (Å²) in [4.78, 5) is 39.8. The minimum atomic E-state index is -0.580. The maximum absolute atomic E-state index is 13.1. The van der Waals surface area contributed by atoms with E-state index in [1.54, 1.807) is 16.7 Å². The second kappa shape index (κ2) is 8.43. The third kappa shape index (κ3) is 3.17. The summed E-state index contributed by atoms with van der Waals surface area (Å²) in [5.41, 5.74) is 5.62. The fourth-order valence-electron chi connectivity index (χ4n) is 9.82. The summed E-state index contributed by atoms with van der Waals surface area (Å²) in [5, 5.41) is 6.28. The number of carbonyl (C=O) groups is 3. The summed E-state index contributed by atoms with van der Waals surface area (Å²) in [6.07, 6.45) is 6.62. The van der Waals surface area contributed by atoms with Crippen molar-refractivity contribution < 1.29 is 14.4 Å². The van der Waals surface area contributed by atoms with Gasteiger partial charge in [-0.3, -0.25) is 19.7 Å². The largest absolute Gasteiger partial charge is 0.322 e. The van der Waals surface area contributed by atoms with E-state index in [1.165, 1.54) is 36.8 Å². The van der Waals surface area contributed by atoms with Crippen molar-refractivity contribution in [3.05, 3.63) is 64.7 Å². The number of fused-ring (bicyclic) bond motifs is 1. The lowest BCUT2D eigenvalue weighted by Crippen LogP contribution is -2.88. The molecule has 4 unspecified atom stereocenters. The van der Waals surface area contributed by atoms with Gasteiger partial charge in [0, 0.05) is 41.8 Å². The molecule has 0 aromatic heterocycles. The van der Waals surface area contributed by atoms with Gasteiger partial charge in [0.25, 0.3) is 5.91 Å². The van der Waals surface area contributed by atoms with Crippen LogP contribution in [0.1, 0.15) is 72.5 Å². The molecule has 0 radical (unpaired) electrons. The van der Waals surface area contributed by atoms with Crippen LogP contribution in [0, 0.1) is 28.6 Å². The van der Waals surface area contributed by atoms with E-state index in [9.17, 15) is 14.4 Å². The first-order valence-corrected chi connectivity index (χ1v) is 15.6. The highest BCUT2D eigenvalue weighted by atomic mass is 32.2. The standard InChI is InChI=1S/C32H35N3O3S/c1-18(31-13-22-11-21-12-23(14-31)32(21,22)31)33-15-19-5-7-20(8-6-19)17-39-27-4-2-3-24-25(27)16-35(30(24)38)26-9-10-28(36)34-29(26)37/h2-8,18,21-23,26,33H,9-17H2,1H3,(H,34,36,37). The van der Waals surface area contributed by atoms with Gasteiger partial charge in [-0.1, -0.05) is 30.3 Å². The summed E-state index contributed by atoms with van der Waals surface area (Å²) < 4.78 is 0. The minimum Gasteiger partial charge on any atom is -0.322 e. The van der Waals surface area contributed by atoms with Crippen LogP contribution in [0.2, 0.25) is 0 Å². The predicted molar refractivity (Wildman–Crippen MR) is 149 cm³/mol. The zero-order valence-electron chi connectivity index (χ0n) is 22.4. The number of imide groups is 1. The summed E-state index contributed by atoms with van der Waals surface area (Å²) in [7, 11) is 0. The normalized spacial score (nSPS) is 35.9. The van der Waals surface area contributed by atoms with Crippen LogP contribution in [0.4, 0.5) is 0 Å². The molecule has 4 saturated carbocycles. The molecule has 6 aliphatic rings. The van der Waals surface area contributed by atoms with Crippen molar-refractivity contribution >= 4 is 29.5 Å². The van der Waals surface area contributed by atoms with Crippen LogP contribution in [0.3, 0.4) is 0 Å². The molecule has 1 saturated heterocycles. The second-order valence-corrected chi connectivity index (χ2v) is 14.0. The van der Waals surface area contributed by atoms with Crippen molar-refractivity contribution in [2.45, 2.75) is 81.3 Å². The Bertz CT molecular complexity index is 1380. The molecular formula is C32H35N3O3S. The number of hydrogen-bond acceptors (Lipinski definition) is 5. The molecule has 39 heavy (non-hydrogen) atoms. The van der Waals surface area contributed by atoms with Crippen LogP contribution in [-0.4, -0.2) is 34.7 Å². The van der Waals surface area contributed by atoms with Crippen molar-refractivity contribution in [1.82, 2.24) is 15.5 Å². The molecule has 6 nitrogen and oxygen atoms in total. The van der Waals surface area contributed by atoms with Gasteiger partial charge in [-0.05, 0) is 96.4 Å². The van der Waals surface area contributed by atoms with Crippen LogP contribution >= 0.6 is 11.8 Å². The molecule has 5 fully saturated rings. The first-order chi connectivity index (χ1) is 18.9. The van der Waals surface area contributed by atoms with E-state index in [-0.39, 0.29) is 24.1 Å². The molecule has 202 valence electrons. The zero-order chi connectivity index (χ0) is 26.5. The molecule has 2 aromatic carbocycles. The number of carbonyl (C=O) groups excluding carboxylic acids is 3. The van der Waals surface area contributed by atoms with Gasteiger partial charge in [0.2, 0.25) is 11.8 Å². The third-order valence-electron chi connectivity index (χ3n) is 11.6. The topological polar surface area (TPSA) is 78.5 Å². The van der Waals surface area contributed by atoms with Gasteiger partial charge in [-0.2, -0.15) is 0 Å². The Kier molecular flexibility index (Phi) is 5.23. The van der Waals surface area contributed by atoms with E-state index in [2.05, 4.69) is 47.9 Å². The number of thioether (sulfide) groups is 1. The van der Waals surface area contributed by atoms with Gasteiger partial charge in [0.15, 0.2) is 0 Å². The van der Waals surface area contributed by atoms with Crippen molar-refractivity contribution in [3.63, 3.8) is 0 Å². The highest BCUT2D eigenvalue weighted by Crippen LogP contribution is 2.93. The van der Waals surface area contributed by atoms with Crippen LogP contribution in [0.5, 0.6) is 0 Å². The van der Waals surface area contributed by atoms with Crippen LogP contribution < -0.4 is 10.6 Å². The second-order valence-electron chi connectivity index (χ2n) is 12.9. The summed E-state index contributed by atoms with van der Waals surface area (Å²) >= 11 is 1.74. The lowest BCUT2D eigenvalue weighted by atomic mass is 9.12. The van der Waals surface area contributed by atoms with Crippen molar-refractivity contribution in [1.29, 1.82) is 0 Å². The van der Waals surface area contributed by atoms with Gasteiger partial charge >= 0.3 is 0 Å². The van der Waals surface area contributed by atoms with E-state index in [4.69, 9.17) is 0 Å². The number of nitrogens with one attached hydrogen (secondary N) is 2. The molecule has 2 heterocycles. The van der Waals surface area contributed by atoms with E-state index in [0.717, 1.165) is 45.9 Å². The number of piperidine rings is 1. The Morgan fingerprint density at radius 2 is 1.77 bits per heavy atom. The van der Waals surface area contributed by atoms with Crippen LogP contribution in [-0.2, 0) is 28.4 Å². The van der Waals surface area contributed by atoms with Gasteiger partial charge in [-0.15, -0.1) is 11.8 Å². The van der Waals surface area contributed by atoms with Crippen molar-refractivity contribution in [2.24, 2.45) is 28.6 Å². The number of rotatable bonds is 8. The highest BCUT2D eigenvalue weighted by molar-refractivity contribution is 7.98. The number of amides is 3. The van der Waals surface area contributed by atoms with Crippen molar-refractivity contribution in [2.75, 3.05) is 0 Å². The Hall–Kier alpha value is -2.64. The molecule has 7 heteroatoms. The summed E-state index contributed by atoms with van der Waals surface area (Å²) in [6.45, 7) is 3.78. The Balaban J connectivity index is 0.882. The fourth-order valence-corrected chi connectivity index (χ4v) is 10.9. The average Bonchev–Trinajstić information content (AvgIpc) is 3.22. The number of hydrogen-bond donors (Lipinski definition) is 2. The first kappa shape index (κ1) is 24.2. The van der Waals surface area contributed by atoms with Gasteiger partial charge < -0.3 is 10.2 Å². The molecule has 4 aliphatic carbocycles. The van der Waals surface area contributed by atoms with Crippen LogP contribution in [0.25, 0.3) is 0 Å². The molecule has 8 rings (SSSR count). The van der Waals surface area contributed by atoms with E-state index >= 15 is 0 Å². The maximum atomic E-state index is 13.1. The number of nitrogens with zero attached hydrogens (tertiary/aromatic N) is 1. The monoisotopic (exact) mass is 541 g/mol. The molecule has 3 amide bonds. The highest BCUT2D eigenvalue weighted by Gasteiger charge is 2.88.